The van der Waals surface area contributed by atoms with Crippen molar-refractivity contribution in [3.63, 3.8) is 0 Å². The molecule has 0 aromatic carbocycles. The van der Waals surface area contributed by atoms with Gasteiger partial charge in [-0.15, -0.1) is 0 Å². The van der Waals surface area contributed by atoms with Crippen molar-refractivity contribution in [1.82, 2.24) is 24.3 Å². The van der Waals surface area contributed by atoms with Crippen molar-refractivity contribution in [2.24, 2.45) is 5.92 Å². The highest BCUT2D eigenvalue weighted by Crippen LogP contribution is 2.27. The average molecular weight is 355 g/mol. The van der Waals surface area contributed by atoms with E-state index in [0.717, 1.165) is 74.8 Å². The van der Waals surface area contributed by atoms with Crippen molar-refractivity contribution in [2.45, 2.75) is 45.6 Å². The SMILES string of the molecule is Cc1nc2cccnc2n1C1CCN(CC(=O)N2CCC(C)CC2)CC1. The van der Waals surface area contributed by atoms with Crippen LogP contribution in [0.5, 0.6) is 0 Å². The fourth-order valence-electron chi connectivity index (χ4n) is 4.36. The summed E-state index contributed by atoms with van der Waals surface area (Å²) < 4.78 is 2.29. The van der Waals surface area contributed by atoms with Crippen molar-refractivity contribution in [3.05, 3.63) is 24.2 Å². The molecule has 4 heterocycles. The Morgan fingerprint density at radius 3 is 2.62 bits per heavy atom. The molecule has 4 rings (SSSR count). The Hall–Kier alpha value is -1.95. The molecule has 1 amide bonds. The first-order valence-corrected chi connectivity index (χ1v) is 9.91. The molecule has 2 aliphatic heterocycles. The molecule has 0 N–H and O–H groups in total. The van der Waals surface area contributed by atoms with Crippen LogP contribution in [-0.4, -0.2) is 63.0 Å². The maximum absolute atomic E-state index is 12.6. The fourth-order valence-corrected chi connectivity index (χ4v) is 4.36. The lowest BCUT2D eigenvalue weighted by atomic mass is 9.99. The zero-order chi connectivity index (χ0) is 18.1. The number of hydrogen-bond acceptors (Lipinski definition) is 4. The van der Waals surface area contributed by atoms with Crippen LogP contribution in [0.1, 0.15) is 44.5 Å². The molecule has 26 heavy (non-hydrogen) atoms. The van der Waals surface area contributed by atoms with Crippen LogP contribution in [0.3, 0.4) is 0 Å². The van der Waals surface area contributed by atoms with E-state index in [0.29, 0.717) is 18.5 Å². The molecule has 0 unspecified atom stereocenters. The number of likely N-dealkylation sites (tertiary alicyclic amines) is 2. The second-order valence-corrected chi connectivity index (χ2v) is 7.95. The standard InChI is InChI=1S/C20H29N5O/c1-15-5-12-24(13-6-15)19(26)14-23-10-7-17(8-11-23)25-16(2)22-18-4-3-9-21-20(18)25/h3-4,9,15,17H,5-8,10-14H2,1-2H3. The summed E-state index contributed by atoms with van der Waals surface area (Å²) in [4.78, 5) is 26.1. The fraction of sp³-hybridized carbons (Fsp3) is 0.650. The third-order valence-electron chi connectivity index (χ3n) is 6.04. The smallest absolute Gasteiger partial charge is 0.236 e. The van der Waals surface area contributed by atoms with Gasteiger partial charge in [0.25, 0.3) is 0 Å². The van der Waals surface area contributed by atoms with Gasteiger partial charge in [0.1, 0.15) is 11.3 Å². The molecule has 0 aliphatic carbocycles. The van der Waals surface area contributed by atoms with Crippen LogP contribution in [0.4, 0.5) is 0 Å². The summed E-state index contributed by atoms with van der Waals surface area (Å²) in [5, 5.41) is 0. The molecular weight excluding hydrogens is 326 g/mol. The van der Waals surface area contributed by atoms with Crippen LogP contribution in [0.25, 0.3) is 11.2 Å². The van der Waals surface area contributed by atoms with E-state index in [9.17, 15) is 4.79 Å². The van der Waals surface area contributed by atoms with Gasteiger partial charge in [-0.1, -0.05) is 6.92 Å². The summed E-state index contributed by atoms with van der Waals surface area (Å²) in [6, 6.07) is 4.39. The maximum Gasteiger partial charge on any atom is 0.236 e. The van der Waals surface area contributed by atoms with Crippen molar-refractivity contribution in [1.29, 1.82) is 0 Å². The van der Waals surface area contributed by atoms with Gasteiger partial charge in [-0.3, -0.25) is 9.69 Å². The van der Waals surface area contributed by atoms with Crippen LogP contribution in [0, 0.1) is 12.8 Å². The summed E-state index contributed by atoms with van der Waals surface area (Å²) in [6.07, 6.45) is 6.23. The average Bonchev–Trinajstić information content (AvgIpc) is 2.99. The normalized spacial score (nSPS) is 20.8. The Morgan fingerprint density at radius 1 is 1.15 bits per heavy atom. The highest BCUT2D eigenvalue weighted by Gasteiger charge is 2.27. The topological polar surface area (TPSA) is 54.3 Å². The van der Waals surface area contributed by atoms with Crippen LogP contribution < -0.4 is 0 Å². The Bertz CT molecular complexity index is 770. The number of carbonyl (C=O) groups is 1. The molecule has 140 valence electrons. The quantitative estimate of drug-likeness (QED) is 0.849. The molecule has 6 nitrogen and oxygen atoms in total. The molecule has 6 heteroatoms. The molecule has 2 saturated heterocycles. The van der Waals surface area contributed by atoms with Gasteiger partial charge in [-0.05, 0) is 50.7 Å². The van der Waals surface area contributed by atoms with Crippen molar-refractivity contribution < 1.29 is 4.79 Å². The minimum absolute atomic E-state index is 0.307. The Labute approximate surface area is 155 Å². The number of rotatable bonds is 3. The van der Waals surface area contributed by atoms with Gasteiger partial charge < -0.3 is 9.47 Å². The highest BCUT2D eigenvalue weighted by atomic mass is 16.2. The molecule has 0 atom stereocenters. The minimum Gasteiger partial charge on any atom is -0.342 e. The van der Waals surface area contributed by atoms with E-state index >= 15 is 0 Å². The number of pyridine rings is 1. The third-order valence-corrected chi connectivity index (χ3v) is 6.04. The van der Waals surface area contributed by atoms with Gasteiger partial charge in [-0.25, -0.2) is 9.97 Å². The molecule has 2 fully saturated rings. The highest BCUT2D eigenvalue weighted by molar-refractivity contribution is 5.78. The van der Waals surface area contributed by atoms with Crippen LogP contribution in [-0.2, 0) is 4.79 Å². The number of imidazole rings is 1. The van der Waals surface area contributed by atoms with Gasteiger partial charge in [-0.2, -0.15) is 0 Å². The van der Waals surface area contributed by atoms with Crippen LogP contribution in [0.2, 0.25) is 0 Å². The maximum atomic E-state index is 12.6. The summed E-state index contributed by atoms with van der Waals surface area (Å²) in [6.45, 7) is 8.71. The number of carbonyl (C=O) groups excluding carboxylic acids is 1. The number of piperidine rings is 2. The second kappa shape index (κ2) is 7.35. The molecule has 0 saturated carbocycles. The predicted octanol–water partition coefficient (Wildman–Crippen LogP) is 2.64. The summed E-state index contributed by atoms with van der Waals surface area (Å²) in [5.74, 6) is 2.11. The summed E-state index contributed by atoms with van der Waals surface area (Å²) in [7, 11) is 0. The van der Waals surface area contributed by atoms with Gasteiger partial charge in [0.15, 0.2) is 5.65 Å². The largest absolute Gasteiger partial charge is 0.342 e. The lowest BCUT2D eigenvalue weighted by molar-refractivity contribution is -0.134. The molecule has 2 aromatic rings. The number of nitrogens with zero attached hydrogens (tertiary/aromatic N) is 5. The van der Waals surface area contributed by atoms with Crippen molar-refractivity contribution >= 4 is 17.1 Å². The van der Waals surface area contributed by atoms with Crippen LogP contribution >= 0.6 is 0 Å². The zero-order valence-corrected chi connectivity index (χ0v) is 15.9. The molecule has 0 bridgehead atoms. The van der Waals surface area contributed by atoms with E-state index in [1.807, 2.05) is 18.3 Å². The van der Waals surface area contributed by atoms with Gasteiger partial charge >= 0.3 is 0 Å². The molecule has 0 radical (unpaired) electrons. The first-order chi connectivity index (χ1) is 12.6. The van der Waals surface area contributed by atoms with Crippen molar-refractivity contribution in [3.8, 4) is 0 Å². The first-order valence-electron chi connectivity index (χ1n) is 9.91. The Balaban J connectivity index is 1.35. The van der Waals surface area contributed by atoms with E-state index in [1.54, 1.807) is 0 Å². The molecular formula is C20H29N5O. The predicted molar refractivity (Wildman–Crippen MR) is 102 cm³/mol. The third kappa shape index (κ3) is 3.47. The lowest BCUT2D eigenvalue weighted by Crippen LogP contribution is -2.46. The number of aromatic nitrogens is 3. The van der Waals surface area contributed by atoms with E-state index < -0.39 is 0 Å². The Morgan fingerprint density at radius 2 is 1.88 bits per heavy atom. The summed E-state index contributed by atoms with van der Waals surface area (Å²) >= 11 is 0. The van der Waals surface area contributed by atoms with Crippen molar-refractivity contribution in [2.75, 3.05) is 32.7 Å². The number of fused-ring (bicyclic) bond motifs is 1. The van der Waals surface area contributed by atoms with E-state index in [4.69, 9.17) is 0 Å². The van der Waals surface area contributed by atoms with E-state index in [1.165, 1.54) is 0 Å². The van der Waals surface area contributed by atoms with Crippen LogP contribution in [0.15, 0.2) is 18.3 Å². The monoisotopic (exact) mass is 355 g/mol. The van der Waals surface area contributed by atoms with E-state index in [2.05, 4.69) is 38.2 Å². The number of aryl methyl sites for hydroxylation is 1. The lowest BCUT2D eigenvalue weighted by Gasteiger charge is -2.35. The van der Waals surface area contributed by atoms with Gasteiger partial charge in [0.05, 0.1) is 6.54 Å². The minimum atomic E-state index is 0.307. The first kappa shape index (κ1) is 17.5. The number of hydrogen-bond donors (Lipinski definition) is 0. The van der Waals surface area contributed by atoms with Gasteiger partial charge in [0.2, 0.25) is 5.91 Å². The second-order valence-electron chi connectivity index (χ2n) is 7.95. The molecule has 2 aliphatic rings. The molecule has 2 aromatic heterocycles. The zero-order valence-electron chi connectivity index (χ0n) is 15.9. The Kier molecular flexibility index (Phi) is 4.94. The number of amides is 1. The van der Waals surface area contributed by atoms with E-state index in [-0.39, 0.29) is 0 Å². The molecule has 0 spiro atoms. The summed E-state index contributed by atoms with van der Waals surface area (Å²) in [5.41, 5.74) is 1.96. The van der Waals surface area contributed by atoms with Gasteiger partial charge in [0, 0.05) is 38.4 Å².